The number of amides is 3. The molecule has 6 aliphatic rings. The van der Waals surface area contributed by atoms with Crippen molar-refractivity contribution in [3.63, 3.8) is 0 Å². The van der Waals surface area contributed by atoms with Crippen LogP contribution in [0.4, 0.5) is 0 Å². The van der Waals surface area contributed by atoms with Gasteiger partial charge in [0, 0.05) is 34.7 Å². The van der Waals surface area contributed by atoms with E-state index < -0.39 is 6.04 Å². The van der Waals surface area contributed by atoms with Crippen molar-refractivity contribution in [3.05, 3.63) is 64.7 Å². The van der Waals surface area contributed by atoms with Crippen LogP contribution in [0, 0.1) is 16.7 Å². The first-order valence-corrected chi connectivity index (χ1v) is 16.3. The lowest BCUT2D eigenvalue weighted by molar-refractivity contribution is -0.136. The zero-order valence-electron chi connectivity index (χ0n) is 24.3. The van der Waals surface area contributed by atoms with E-state index in [0.717, 1.165) is 35.1 Å². The molecule has 8 rings (SSSR count). The Kier molecular flexibility index (Phi) is 6.62. The zero-order chi connectivity index (χ0) is 28.4. The first kappa shape index (κ1) is 27.2. The summed E-state index contributed by atoms with van der Waals surface area (Å²) in [5.41, 5.74) is 5.72. The van der Waals surface area contributed by atoms with Crippen LogP contribution in [-0.2, 0) is 28.3 Å². The van der Waals surface area contributed by atoms with Gasteiger partial charge in [-0.3, -0.25) is 19.7 Å². The molecule has 216 valence electrons. The molecule has 1 saturated heterocycles. The largest absolute Gasteiger partial charge is 0.322 e. The minimum absolute atomic E-state index is 0.119. The van der Waals surface area contributed by atoms with Gasteiger partial charge >= 0.3 is 0 Å². The second-order valence-electron chi connectivity index (χ2n) is 14.4. The van der Waals surface area contributed by atoms with E-state index >= 15 is 0 Å². The summed E-state index contributed by atoms with van der Waals surface area (Å²) >= 11 is 1.74. The minimum atomic E-state index is -0.582. The molecule has 5 fully saturated rings. The Bertz CT molecular complexity index is 1390. The van der Waals surface area contributed by atoms with Crippen molar-refractivity contribution in [1.82, 2.24) is 15.5 Å². The molecule has 3 atom stereocenters. The third-order valence-electron chi connectivity index (χ3n) is 10.5. The summed E-state index contributed by atoms with van der Waals surface area (Å²) in [5.74, 6) is 0.985. The third-order valence-corrected chi connectivity index (χ3v) is 11.7. The molecule has 0 aromatic heterocycles. The van der Waals surface area contributed by atoms with Crippen LogP contribution in [-0.4, -0.2) is 40.7 Å². The number of carbonyl (C=O) groups is 3. The average Bonchev–Trinajstić information content (AvgIpc) is 3.23. The molecule has 0 radical (unpaired) electrons. The number of nitrogens with one attached hydrogen (secondary N) is 2. The summed E-state index contributed by atoms with van der Waals surface area (Å²) in [6, 6.07) is 14.3. The maximum Gasteiger partial charge on any atom is 0.255 e. The minimum Gasteiger partial charge on any atom is -0.322 e. The summed E-state index contributed by atoms with van der Waals surface area (Å²) in [5, 5.41) is 6.45. The number of fused-ring (bicyclic) bond motifs is 1. The van der Waals surface area contributed by atoms with Crippen molar-refractivity contribution in [1.29, 1.82) is 0 Å². The molecule has 4 bridgehead atoms. The van der Waals surface area contributed by atoms with Gasteiger partial charge in [-0.25, -0.2) is 0 Å². The Morgan fingerprint density at radius 3 is 2.39 bits per heavy atom. The van der Waals surface area contributed by atoms with Crippen LogP contribution < -0.4 is 10.6 Å². The van der Waals surface area contributed by atoms with Crippen LogP contribution >= 0.6 is 11.8 Å². The lowest BCUT2D eigenvalue weighted by atomic mass is 9.43. The van der Waals surface area contributed by atoms with E-state index in [9.17, 15) is 14.4 Å². The van der Waals surface area contributed by atoms with Crippen molar-refractivity contribution < 1.29 is 14.4 Å². The molecule has 41 heavy (non-hydrogen) atoms. The highest BCUT2D eigenvalue weighted by molar-refractivity contribution is 7.98. The van der Waals surface area contributed by atoms with Crippen LogP contribution in [0.2, 0.25) is 0 Å². The Balaban J connectivity index is 0.944. The van der Waals surface area contributed by atoms with Crippen molar-refractivity contribution in [2.45, 2.75) is 100 Å². The molecule has 2 aromatic carbocycles. The number of carbonyl (C=O) groups excluding carboxylic acids is 3. The van der Waals surface area contributed by atoms with Crippen molar-refractivity contribution in [3.8, 4) is 0 Å². The Labute approximate surface area is 247 Å². The Hall–Kier alpha value is -2.64. The number of hydrogen-bond acceptors (Lipinski definition) is 5. The molecule has 4 aliphatic carbocycles. The van der Waals surface area contributed by atoms with Gasteiger partial charge in [-0.2, -0.15) is 0 Å². The average molecular weight is 572 g/mol. The molecule has 7 heteroatoms. The van der Waals surface area contributed by atoms with E-state index in [0.29, 0.717) is 34.9 Å². The number of benzene rings is 2. The fourth-order valence-electron chi connectivity index (χ4n) is 9.77. The van der Waals surface area contributed by atoms with Crippen molar-refractivity contribution >= 4 is 29.5 Å². The standard InChI is InChI=1S/C34H41N3O3S/c1-32-14-24-15-33(2,19-32)21-34(16-24,20-32)35-13-12-22-6-8-23(9-7-22)18-41-28-5-3-4-25-26(28)17-37(31(25)40)27-10-11-29(38)36-30(27)39/h3-9,24,27,35H,10-21H2,1-2H3,(H,36,38,39). The molecule has 2 aliphatic heterocycles. The second kappa shape index (κ2) is 9.98. The molecule has 2 N–H and O–H groups in total. The van der Waals surface area contributed by atoms with Gasteiger partial charge in [0.05, 0.1) is 0 Å². The topological polar surface area (TPSA) is 78.5 Å². The molecular formula is C34H41N3O3S. The van der Waals surface area contributed by atoms with Gasteiger partial charge in [0.1, 0.15) is 6.04 Å². The summed E-state index contributed by atoms with van der Waals surface area (Å²) < 4.78 is 0. The monoisotopic (exact) mass is 571 g/mol. The number of thioether (sulfide) groups is 1. The predicted molar refractivity (Wildman–Crippen MR) is 160 cm³/mol. The fourth-order valence-corrected chi connectivity index (χ4v) is 10.8. The van der Waals surface area contributed by atoms with Crippen molar-refractivity contribution in [2.75, 3.05) is 6.54 Å². The van der Waals surface area contributed by atoms with Crippen LogP contribution in [0.1, 0.15) is 92.3 Å². The highest BCUT2D eigenvalue weighted by Crippen LogP contribution is 2.66. The molecule has 3 amide bonds. The van der Waals surface area contributed by atoms with E-state index in [4.69, 9.17) is 0 Å². The van der Waals surface area contributed by atoms with Crippen LogP contribution in [0.3, 0.4) is 0 Å². The maximum atomic E-state index is 13.1. The van der Waals surface area contributed by atoms with E-state index in [1.54, 1.807) is 16.7 Å². The first-order valence-electron chi connectivity index (χ1n) is 15.3. The molecular weight excluding hydrogens is 530 g/mol. The number of nitrogens with zero attached hydrogens (tertiary/aromatic N) is 1. The number of imide groups is 1. The zero-order valence-corrected chi connectivity index (χ0v) is 25.1. The molecule has 3 unspecified atom stereocenters. The predicted octanol–water partition coefficient (Wildman–Crippen LogP) is 5.62. The van der Waals surface area contributed by atoms with Gasteiger partial charge in [0.2, 0.25) is 11.8 Å². The summed E-state index contributed by atoms with van der Waals surface area (Å²) in [4.78, 5) is 39.8. The van der Waals surface area contributed by atoms with Gasteiger partial charge in [0.15, 0.2) is 0 Å². The summed E-state index contributed by atoms with van der Waals surface area (Å²) in [7, 11) is 0. The Morgan fingerprint density at radius 2 is 1.68 bits per heavy atom. The Morgan fingerprint density at radius 1 is 0.951 bits per heavy atom. The third kappa shape index (κ3) is 5.14. The smallest absolute Gasteiger partial charge is 0.255 e. The highest BCUT2D eigenvalue weighted by atomic mass is 32.2. The molecule has 6 nitrogen and oxygen atoms in total. The molecule has 0 spiro atoms. The van der Waals surface area contributed by atoms with E-state index in [2.05, 4.69) is 54.8 Å². The van der Waals surface area contributed by atoms with Gasteiger partial charge in [-0.15, -0.1) is 11.8 Å². The fraction of sp³-hybridized carbons (Fsp3) is 0.559. The van der Waals surface area contributed by atoms with E-state index in [-0.39, 0.29) is 24.1 Å². The molecule has 2 heterocycles. The second-order valence-corrected chi connectivity index (χ2v) is 15.4. The van der Waals surface area contributed by atoms with Crippen molar-refractivity contribution in [2.24, 2.45) is 16.7 Å². The van der Waals surface area contributed by atoms with Crippen LogP contribution in [0.25, 0.3) is 0 Å². The van der Waals surface area contributed by atoms with Gasteiger partial charge in [0.25, 0.3) is 5.91 Å². The van der Waals surface area contributed by atoms with E-state index in [1.165, 1.54) is 49.7 Å². The number of hydrogen-bond donors (Lipinski definition) is 2. The lowest BCUT2D eigenvalue weighted by Gasteiger charge is -2.65. The van der Waals surface area contributed by atoms with Crippen LogP contribution in [0.5, 0.6) is 0 Å². The van der Waals surface area contributed by atoms with Gasteiger partial charge in [-0.05, 0) is 103 Å². The number of rotatable bonds is 8. The van der Waals surface area contributed by atoms with E-state index in [1.807, 2.05) is 12.1 Å². The normalized spacial score (nSPS) is 33.8. The molecule has 4 saturated carbocycles. The first-order chi connectivity index (χ1) is 19.6. The summed E-state index contributed by atoms with van der Waals surface area (Å²) in [6.07, 6.45) is 10.1. The highest BCUT2D eigenvalue weighted by Gasteiger charge is 2.59. The lowest BCUT2D eigenvalue weighted by Crippen LogP contribution is -2.64. The summed E-state index contributed by atoms with van der Waals surface area (Å²) in [6.45, 7) is 6.54. The van der Waals surface area contributed by atoms with Crippen LogP contribution in [0.15, 0.2) is 47.4 Å². The SMILES string of the molecule is CC12CC3CC(C)(C1)CC(NCCc1ccc(CSc4cccc5c4CN(C4CCC(=O)NC4=O)C5=O)cc1)(C3)C2. The van der Waals surface area contributed by atoms with Gasteiger partial charge < -0.3 is 10.2 Å². The maximum absolute atomic E-state index is 13.1. The van der Waals surface area contributed by atoms with Gasteiger partial charge in [-0.1, -0.05) is 44.2 Å². The quantitative estimate of drug-likeness (QED) is 0.318. The number of piperidine rings is 1. The molecule has 2 aromatic rings.